The predicted molar refractivity (Wildman–Crippen MR) is 109 cm³/mol. The fourth-order valence-corrected chi connectivity index (χ4v) is 2.71. The number of nitrogens with one attached hydrogen (secondary N) is 2. The molecule has 0 saturated heterocycles. The molecule has 7 nitrogen and oxygen atoms in total. The van der Waals surface area contributed by atoms with Crippen LogP contribution >= 0.6 is 0 Å². The molecule has 150 valence electrons. The van der Waals surface area contributed by atoms with Gasteiger partial charge in [-0.1, -0.05) is 48.5 Å². The lowest BCUT2D eigenvalue weighted by atomic mass is 10.1. The van der Waals surface area contributed by atoms with E-state index >= 15 is 0 Å². The maximum absolute atomic E-state index is 12.4. The Labute approximate surface area is 168 Å². The molecule has 0 radical (unpaired) electrons. The highest BCUT2D eigenvalue weighted by molar-refractivity contribution is 5.98. The van der Waals surface area contributed by atoms with Crippen LogP contribution in [-0.2, 0) is 9.53 Å². The molecule has 2 N–H and O–H groups in total. The lowest BCUT2D eigenvalue weighted by molar-refractivity contribution is -0.123. The molecule has 3 rings (SSSR count). The zero-order valence-corrected chi connectivity index (χ0v) is 16.0. The summed E-state index contributed by atoms with van der Waals surface area (Å²) in [6, 6.07) is 20.1. The number of hydrogen-bond donors (Lipinski definition) is 2. The van der Waals surface area contributed by atoms with Gasteiger partial charge in [-0.25, -0.2) is 0 Å². The van der Waals surface area contributed by atoms with Crippen LogP contribution in [-0.4, -0.2) is 38.7 Å². The number of benzene rings is 3. The fraction of sp³-hybridized carbons (Fsp3) is 0.182. The summed E-state index contributed by atoms with van der Waals surface area (Å²) in [4.78, 5) is 24.5. The summed E-state index contributed by atoms with van der Waals surface area (Å²) in [5.41, 5.74) is 5.03. The summed E-state index contributed by atoms with van der Waals surface area (Å²) in [7, 11) is 1.57. The molecule has 2 amide bonds. The number of methoxy groups -OCH3 is 1. The maximum atomic E-state index is 12.4. The normalized spacial score (nSPS) is 10.4. The molecular weight excluding hydrogens is 372 g/mol. The van der Waals surface area contributed by atoms with E-state index in [1.807, 2.05) is 36.4 Å². The Morgan fingerprint density at radius 2 is 1.52 bits per heavy atom. The van der Waals surface area contributed by atoms with Crippen molar-refractivity contribution in [3.63, 3.8) is 0 Å². The quantitative estimate of drug-likeness (QED) is 0.453. The topological polar surface area (TPSA) is 85.9 Å². The van der Waals surface area contributed by atoms with Gasteiger partial charge in [0.1, 0.15) is 18.1 Å². The Kier molecular flexibility index (Phi) is 7.02. The second-order valence-electron chi connectivity index (χ2n) is 6.11. The second-order valence-corrected chi connectivity index (χ2v) is 6.11. The summed E-state index contributed by atoms with van der Waals surface area (Å²) in [5, 5.41) is 1.93. The van der Waals surface area contributed by atoms with Crippen molar-refractivity contribution in [2.75, 3.05) is 26.9 Å². The third-order valence-corrected chi connectivity index (χ3v) is 4.10. The Hall–Kier alpha value is -3.58. The van der Waals surface area contributed by atoms with E-state index in [9.17, 15) is 9.59 Å². The molecule has 0 aliphatic rings. The SMILES string of the molecule is COCCOc1ccccc1C(=O)NNC(=O)COc1cccc2ccccc12. The molecule has 0 aliphatic heterocycles. The number of carbonyl (C=O) groups excluding carboxylic acids is 2. The van der Waals surface area contributed by atoms with E-state index in [0.29, 0.717) is 30.3 Å². The zero-order valence-electron chi connectivity index (χ0n) is 16.0. The summed E-state index contributed by atoms with van der Waals surface area (Å²) in [6.45, 7) is 0.477. The molecule has 0 heterocycles. The molecule has 0 bridgehead atoms. The van der Waals surface area contributed by atoms with E-state index < -0.39 is 11.8 Å². The number of hydrazine groups is 1. The van der Waals surface area contributed by atoms with Gasteiger partial charge >= 0.3 is 0 Å². The molecule has 0 aliphatic carbocycles. The first-order valence-corrected chi connectivity index (χ1v) is 9.09. The van der Waals surface area contributed by atoms with Gasteiger partial charge in [-0.05, 0) is 23.6 Å². The number of fused-ring (bicyclic) bond motifs is 1. The molecule has 0 saturated carbocycles. The van der Waals surface area contributed by atoms with E-state index in [1.54, 1.807) is 37.4 Å². The third-order valence-electron chi connectivity index (χ3n) is 4.10. The first-order valence-electron chi connectivity index (χ1n) is 9.09. The average Bonchev–Trinajstić information content (AvgIpc) is 2.76. The standard InChI is InChI=1S/C22H22N2O5/c1-27-13-14-28-20-11-5-4-10-18(20)22(26)24-23-21(25)15-29-19-12-6-8-16-7-2-3-9-17(16)19/h2-12H,13-15H2,1H3,(H,23,25)(H,24,26). The monoisotopic (exact) mass is 394 g/mol. The Bertz CT molecular complexity index is 984. The van der Waals surface area contributed by atoms with Crippen molar-refractivity contribution in [3.05, 3.63) is 72.3 Å². The predicted octanol–water partition coefficient (Wildman–Crippen LogP) is 2.71. The highest BCUT2D eigenvalue weighted by Gasteiger charge is 2.13. The Morgan fingerprint density at radius 1 is 0.793 bits per heavy atom. The minimum atomic E-state index is -0.489. The highest BCUT2D eigenvalue weighted by Crippen LogP contribution is 2.25. The third kappa shape index (κ3) is 5.46. The zero-order chi connectivity index (χ0) is 20.5. The molecule has 29 heavy (non-hydrogen) atoms. The number of hydrogen-bond acceptors (Lipinski definition) is 5. The van der Waals surface area contributed by atoms with Crippen LogP contribution in [0.5, 0.6) is 11.5 Å². The van der Waals surface area contributed by atoms with Crippen LogP contribution in [0.2, 0.25) is 0 Å². The number of carbonyl (C=O) groups is 2. The van der Waals surface area contributed by atoms with Gasteiger partial charge in [0.05, 0.1) is 12.2 Å². The van der Waals surface area contributed by atoms with Crippen molar-refractivity contribution in [2.24, 2.45) is 0 Å². The van der Waals surface area contributed by atoms with Crippen LogP contribution in [0.1, 0.15) is 10.4 Å². The van der Waals surface area contributed by atoms with Crippen molar-refractivity contribution >= 4 is 22.6 Å². The minimum absolute atomic E-state index is 0.236. The van der Waals surface area contributed by atoms with Crippen LogP contribution < -0.4 is 20.3 Å². The van der Waals surface area contributed by atoms with Crippen molar-refractivity contribution < 1.29 is 23.8 Å². The first-order chi connectivity index (χ1) is 14.2. The highest BCUT2D eigenvalue weighted by atomic mass is 16.5. The van der Waals surface area contributed by atoms with E-state index in [1.165, 1.54) is 0 Å². The lowest BCUT2D eigenvalue weighted by Crippen LogP contribution is -2.44. The van der Waals surface area contributed by atoms with Crippen LogP contribution in [0, 0.1) is 0 Å². The van der Waals surface area contributed by atoms with Crippen LogP contribution in [0.4, 0.5) is 0 Å². The van der Waals surface area contributed by atoms with Gasteiger partial charge in [0.15, 0.2) is 6.61 Å². The summed E-state index contributed by atoms with van der Waals surface area (Å²) in [6.07, 6.45) is 0. The molecule has 3 aromatic rings. The average molecular weight is 394 g/mol. The Balaban J connectivity index is 1.54. The number of amides is 2. The first kappa shape index (κ1) is 20.2. The van der Waals surface area contributed by atoms with Crippen LogP contribution in [0.15, 0.2) is 66.7 Å². The van der Waals surface area contributed by atoms with Crippen molar-refractivity contribution in [1.29, 1.82) is 0 Å². The molecule has 0 aromatic heterocycles. The van der Waals surface area contributed by atoms with Crippen molar-refractivity contribution in [1.82, 2.24) is 10.9 Å². The largest absolute Gasteiger partial charge is 0.490 e. The maximum Gasteiger partial charge on any atom is 0.276 e. The van der Waals surface area contributed by atoms with Gasteiger partial charge in [0.25, 0.3) is 11.8 Å². The van der Waals surface area contributed by atoms with Gasteiger partial charge in [-0.2, -0.15) is 0 Å². The molecule has 7 heteroatoms. The molecule has 3 aromatic carbocycles. The van der Waals surface area contributed by atoms with Gasteiger partial charge in [0.2, 0.25) is 0 Å². The second kappa shape index (κ2) is 10.1. The van der Waals surface area contributed by atoms with Crippen LogP contribution in [0.3, 0.4) is 0 Å². The fourth-order valence-electron chi connectivity index (χ4n) is 2.71. The van der Waals surface area contributed by atoms with E-state index in [2.05, 4.69) is 10.9 Å². The molecule has 0 atom stereocenters. The number of ether oxygens (including phenoxy) is 3. The number of para-hydroxylation sites is 1. The summed E-state index contributed by atoms with van der Waals surface area (Å²) in [5.74, 6) is 0.0327. The van der Waals surface area contributed by atoms with E-state index in [-0.39, 0.29) is 6.61 Å². The van der Waals surface area contributed by atoms with Gasteiger partial charge < -0.3 is 14.2 Å². The summed E-state index contributed by atoms with van der Waals surface area (Å²) < 4.78 is 16.1. The van der Waals surface area contributed by atoms with Gasteiger partial charge in [0, 0.05) is 12.5 Å². The molecule has 0 spiro atoms. The molecular formula is C22H22N2O5. The van der Waals surface area contributed by atoms with E-state index in [0.717, 1.165) is 10.8 Å². The Morgan fingerprint density at radius 3 is 2.38 bits per heavy atom. The van der Waals surface area contributed by atoms with Gasteiger partial charge in [-0.15, -0.1) is 0 Å². The summed E-state index contributed by atoms with van der Waals surface area (Å²) >= 11 is 0. The molecule has 0 unspecified atom stereocenters. The smallest absolute Gasteiger partial charge is 0.276 e. The van der Waals surface area contributed by atoms with Crippen LogP contribution in [0.25, 0.3) is 10.8 Å². The van der Waals surface area contributed by atoms with Crippen molar-refractivity contribution in [2.45, 2.75) is 0 Å². The minimum Gasteiger partial charge on any atom is -0.490 e. The number of rotatable bonds is 8. The van der Waals surface area contributed by atoms with Gasteiger partial charge in [-0.3, -0.25) is 20.4 Å². The van der Waals surface area contributed by atoms with E-state index in [4.69, 9.17) is 14.2 Å². The van der Waals surface area contributed by atoms with Crippen molar-refractivity contribution in [3.8, 4) is 11.5 Å². The molecule has 0 fully saturated rings. The lowest BCUT2D eigenvalue weighted by Gasteiger charge is -2.13.